The summed E-state index contributed by atoms with van der Waals surface area (Å²) in [5, 5.41) is 0. The Morgan fingerprint density at radius 2 is 2.17 bits per heavy atom. The Morgan fingerprint density at radius 1 is 1.50 bits per heavy atom. The third-order valence-corrected chi connectivity index (χ3v) is 5.06. The third kappa shape index (κ3) is 1.99. The van der Waals surface area contributed by atoms with Gasteiger partial charge in [-0.1, -0.05) is 25.5 Å². The molecule has 0 aromatic carbocycles. The van der Waals surface area contributed by atoms with Gasteiger partial charge in [-0.25, -0.2) is 0 Å². The van der Waals surface area contributed by atoms with Crippen LogP contribution in [0.5, 0.6) is 0 Å². The monoisotopic (exact) mass is 252 g/mol. The van der Waals surface area contributed by atoms with E-state index in [9.17, 15) is 4.79 Å². The first-order chi connectivity index (χ1) is 8.38. The zero-order chi connectivity index (χ0) is 13.5. The molecule has 0 amide bonds. The van der Waals surface area contributed by atoms with Crippen LogP contribution in [0.1, 0.15) is 34.6 Å². The largest absolute Gasteiger partial charge is 0.465 e. The Hall–Kier alpha value is -0.830. The van der Waals surface area contributed by atoms with E-state index in [2.05, 4.69) is 33.8 Å². The molecule has 1 heterocycles. The second kappa shape index (κ2) is 4.69. The fourth-order valence-electron chi connectivity index (χ4n) is 3.81. The second-order valence-electron chi connectivity index (χ2n) is 6.04. The van der Waals surface area contributed by atoms with Gasteiger partial charge in [0.1, 0.15) is 0 Å². The van der Waals surface area contributed by atoms with Crippen molar-refractivity contribution in [2.24, 2.45) is 23.2 Å². The number of ether oxygens (including phenoxy) is 2. The minimum atomic E-state index is -0.203. The maximum atomic E-state index is 11.1. The van der Waals surface area contributed by atoms with Crippen molar-refractivity contribution < 1.29 is 14.3 Å². The van der Waals surface area contributed by atoms with Crippen LogP contribution in [0.3, 0.4) is 0 Å². The first kappa shape index (κ1) is 13.6. The van der Waals surface area contributed by atoms with E-state index in [1.807, 2.05) is 0 Å². The summed E-state index contributed by atoms with van der Waals surface area (Å²) >= 11 is 0. The average molecular weight is 252 g/mol. The second-order valence-corrected chi connectivity index (χ2v) is 6.04. The van der Waals surface area contributed by atoms with Crippen molar-refractivity contribution in [3.63, 3.8) is 0 Å². The standard InChI is InChI=1S/C15H24O3/c1-9-6-10(2)15(8-18-13(5)16)7-17-12(4)14(9)11(15)3/h6,10-12,14H,7-8H2,1-5H3/t10-,11-,12-,14+,15+/m1/s1. The molecule has 1 aliphatic carbocycles. The Bertz CT molecular complexity index is 374. The zero-order valence-electron chi connectivity index (χ0n) is 12.0. The molecule has 1 aliphatic heterocycles. The van der Waals surface area contributed by atoms with Gasteiger partial charge in [-0.05, 0) is 25.7 Å². The van der Waals surface area contributed by atoms with Crippen LogP contribution in [0.4, 0.5) is 0 Å². The van der Waals surface area contributed by atoms with E-state index in [0.717, 1.165) is 0 Å². The minimum absolute atomic E-state index is 0.0532. The van der Waals surface area contributed by atoms with Gasteiger partial charge in [-0.15, -0.1) is 0 Å². The smallest absolute Gasteiger partial charge is 0.302 e. The van der Waals surface area contributed by atoms with Gasteiger partial charge in [0, 0.05) is 18.3 Å². The first-order valence-electron chi connectivity index (χ1n) is 6.82. The molecule has 1 saturated heterocycles. The molecular formula is C15H24O3. The number of hydrogen-bond acceptors (Lipinski definition) is 3. The summed E-state index contributed by atoms with van der Waals surface area (Å²) in [6, 6.07) is 0. The fraction of sp³-hybridized carbons (Fsp3) is 0.800. The highest BCUT2D eigenvalue weighted by Gasteiger charge is 2.53. The van der Waals surface area contributed by atoms with Crippen LogP contribution in [-0.2, 0) is 14.3 Å². The minimum Gasteiger partial charge on any atom is -0.465 e. The Labute approximate surface area is 110 Å². The molecule has 0 saturated carbocycles. The van der Waals surface area contributed by atoms with E-state index in [4.69, 9.17) is 9.47 Å². The van der Waals surface area contributed by atoms with Crippen LogP contribution < -0.4 is 0 Å². The third-order valence-electron chi connectivity index (χ3n) is 5.06. The van der Waals surface area contributed by atoms with Gasteiger partial charge in [0.05, 0.1) is 19.3 Å². The number of allylic oxidation sites excluding steroid dienone is 1. The van der Waals surface area contributed by atoms with Crippen LogP contribution in [0.15, 0.2) is 11.6 Å². The lowest BCUT2D eigenvalue weighted by Gasteiger charge is -2.54. The molecule has 0 unspecified atom stereocenters. The Balaban J connectivity index is 2.31. The highest BCUT2D eigenvalue weighted by atomic mass is 16.5. The lowest BCUT2D eigenvalue weighted by molar-refractivity contribution is -0.175. The average Bonchev–Trinajstić information content (AvgIpc) is 2.26. The Morgan fingerprint density at radius 3 is 2.78 bits per heavy atom. The van der Waals surface area contributed by atoms with Crippen LogP contribution in [-0.4, -0.2) is 25.3 Å². The topological polar surface area (TPSA) is 35.5 Å². The van der Waals surface area contributed by atoms with Gasteiger partial charge >= 0.3 is 5.97 Å². The highest BCUT2D eigenvalue weighted by Crippen LogP contribution is 2.52. The summed E-state index contributed by atoms with van der Waals surface area (Å²) < 4.78 is 11.3. The summed E-state index contributed by atoms with van der Waals surface area (Å²) in [4.78, 5) is 11.1. The molecule has 0 N–H and O–H groups in total. The molecule has 2 aliphatic rings. The number of carbonyl (C=O) groups is 1. The molecule has 102 valence electrons. The van der Waals surface area contributed by atoms with Crippen molar-refractivity contribution in [2.75, 3.05) is 13.2 Å². The highest BCUT2D eigenvalue weighted by molar-refractivity contribution is 5.65. The molecule has 3 nitrogen and oxygen atoms in total. The summed E-state index contributed by atoms with van der Waals surface area (Å²) in [5.74, 6) is 1.12. The van der Waals surface area contributed by atoms with Crippen LogP contribution in [0.25, 0.3) is 0 Å². The zero-order valence-corrected chi connectivity index (χ0v) is 12.0. The van der Waals surface area contributed by atoms with E-state index in [1.54, 1.807) is 0 Å². The number of fused-ring (bicyclic) bond motifs is 2. The van der Waals surface area contributed by atoms with Crippen molar-refractivity contribution in [1.82, 2.24) is 0 Å². The van der Waals surface area contributed by atoms with E-state index in [0.29, 0.717) is 31.0 Å². The molecule has 2 bridgehead atoms. The van der Waals surface area contributed by atoms with E-state index >= 15 is 0 Å². The molecule has 0 aromatic heterocycles. The molecule has 0 aromatic rings. The van der Waals surface area contributed by atoms with Crippen molar-refractivity contribution in [3.05, 3.63) is 11.6 Å². The maximum absolute atomic E-state index is 11.1. The predicted octanol–water partition coefficient (Wildman–Crippen LogP) is 2.80. The molecule has 2 rings (SSSR count). The van der Waals surface area contributed by atoms with Gasteiger partial charge in [0.2, 0.25) is 0 Å². The van der Waals surface area contributed by atoms with E-state index in [-0.39, 0.29) is 17.5 Å². The number of rotatable bonds is 2. The fourth-order valence-corrected chi connectivity index (χ4v) is 3.81. The van der Waals surface area contributed by atoms with E-state index < -0.39 is 0 Å². The van der Waals surface area contributed by atoms with Crippen molar-refractivity contribution in [2.45, 2.75) is 40.7 Å². The summed E-state index contributed by atoms with van der Waals surface area (Å²) in [6.07, 6.45) is 2.60. The van der Waals surface area contributed by atoms with Gasteiger partial charge in [-0.2, -0.15) is 0 Å². The summed E-state index contributed by atoms with van der Waals surface area (Å²) in [5.41, 5.74) is 1.36. The maximum Gasteiger partial charge on any atom is 0.302 e. The van der Waals surface area contributed by atoms with Gasteiger partial charge in [0.25, 0.3) is 0 Å². The van der Waals surface area contributed by atoms with Crippen molar-refractivity contribution in [3.8, 4) is 0 Å². The molecule has 3 heteroatoms. The quantitative estimate of drug-likeness (QED) is 0.560. The lowest BCUT2D eigenvalue weighted by Crippen LogP contribution is -2.56. The first-order valence-corrected chi connectivity index (χ1v) is 6.82. The van der Waals surface area contributed by atoms with Crippen molar-refractivity contribution >= 4 is 5.97 Å². The normalized spacial score (nSPS) is 43.3. The Kier molecular flexibility index (Phi) is 3.54. The van der Waals surface area contributed by atoms with E-state index in [1.165, 1.54) is 12.5 Å². The number of esters is 1. The lowest BCUT2D eigenvalue weighted by atomic mass is 9.56. The molecular weight excluding hydrogens is 228 g/mol. The summed E-state index contributed by atoms with van der Waals surface area (Å²) in [7, 11) is 0. The van der Waals surface area contributed by atoms with Gasteiger partial charge in [0.15, 0.2) is 0 Å². The molecule has 0 spiro atoms. The number of carbonyl (C=O) groups excluding carboxylic acids is 1. The summed E-state index contributed by atoms with van der Waals surface area (Å²) in [6.45, 7) is 11.4. The van der Waals surface area contributed by atoms with Crippen LogP contribution in [0.2, 0.25) is 0 Å². The predicted molar refractivity (Wildman–Crippen MR) is 70.1 cm³/mol. The SMILES string of the molecule is CC(=O)OC[C@@]12CO[C@H](C)[C@@H](C(C)=C[C@H]1C)[C@H]2C. The molecule has 0 radical (unpaired) electrons. The van der Waals surface area contributed by atoms with Gasteiger partial charge in [-0.3, -0.25) is 4.79 Å². The van der Waals surface area contributed by atoms with Gasteiger partial charge < -0.3 is 9.47 Å². The molecule has 18 heavy (non-hydrogen) atoms. The van der Waals surface area contributed by atoms with Crippen LogP contribution in [0, 0.1) is 23.2 Å². The molecule has 5 atom stereocenters. The van der Waals surface area contributed by atoms with Crippen LogP contribution >= 0.6 is 0 Å². The number of hydrogen-bond donors (Lipinski definition) is 0. The van der Waals surface area contributed by atoms with Crippen molar-refractivity contribution in [1.29, 1.82) is 0 Å². The molecule has 1 fully saturated rings.